The average Bonchev–Trinajstić information content (AvgIpc) is 3.86. The Balaban J connectivity index is 1.03. The predicted octanol–water partition coefficient (Wildman–Crippen LogP) is 16.2. The normalized spacial score (nSPS) is 14.1. The zero-order valence-electron chi connectivity index (χ0n) is 35.5. The highest BCUT2D eigenvalue weighted by atomic mass is 15.1. The molecule has 2 aliphatic rings. The summed E-state index contributed by atoms with van der Waals surface area (Å²) in [5.41, 5.74) is 22.5. The fourth-order valence-electron chi connectivity index (χ4n) is 11.0. The maximum Gasteiger partial charge on any atom is 0.0541 e. The molecule has 0 N–H and O–H groups in total. The monoisotopic (exact) mass is 794 g/mol. The highest BCUT2D eigenvalue weighted by Crippen LogP contribution is 2.55. The van der Waals surface area contributed by atoms with Gasteiger partial charge in [-0.2, -0.15) is 0 Å². The molecule has 2 nitrogen and oxygen atoms in total. The molecule has 0 saturated carbocycles. The molecule has 12 rings (SSSR count). The first-order valence-corrected chi connectivity index (χ1v) is 21.9. The lowest BCUT2D eigenvalue weighted by Crippen LogP contribution is -2.15. The summed E-state index contributed by atoms with van der Waals surface area (Å²) in [6.45, 7) is 9.44. The Morgan fingerprint density at radius 1 is 0.355 bits per heavy atom. The average molecular weight is 795 g/mol. The van der Waals surface area contributed by atoms with Crippen LogP contribution in [-0.2, 0) is 10.8 Å². The van der Waals surface area contributed by atoms with Crippen LogP contribution in [0.1, 0.15) is 49.9 Å². The molecule has 0 saturated heterocycles. The van der Waals surface area contributed by atoms with Crippen LogP contribution in [0.5, 0.6) is 0 Å². The van der Waals surface area contributed by atoms with Crippen molar-refractivity contribution in [2.75, 3.05) is 4.90 Å². The Morgan fingerprint density at radius 3 is 1.73 bits per heavy atom. The lowest BCUT2D eigenvalue weighted by Gasteiger charge is -2.30. The first kappa shape index (κ1) is 36.4. The van der Waals surface area contributed by atoms with E-state index in [-0.39, 0.29) is 10.8 Å². The molecule has 296 valence electrons. The van der Waals surface area contributed by atoms with E-state index in [1.807, 2.05) is 0 Å². The predicted molar refractivity (Wildman–Crippen MR) is 261 cm³/mol. The van der Waals surface area contributed by atoms with Crippen molar-refractivity contribution in [2.24, 2.45) is 0 Å². The SMILES string of the molecule is CC1(C)c2ccccc2-c2cc(N(c3ccc(-c4ccc5c(c4)c4ccccc4n5-c4ccccc4)cc3)c3ccccc3-c3cccc4c3-c3ccccc3C4(C)C)ccc21. The number of anilines is 3. The lowest BCUT2D eigenvalue weighted by molar-refractivity contribution is 0.660. The second-order valence-corrected chi connectivity index (χ2v) is 18.1. The number of fused-ring (bicyclic) bond motifs is 9. The van der Waals surface area contributed by atoms with Gasteiger partial charge < -0.3 is 9.47 Å². The standard InChI is InChI=1S/C60H46N2/c1-59(2)51-24-12-8-19-44(51)49-38-43(34-35-53(49)59)61(55-27-14-10-20-45(55)47-23-16-26-54-58(47)48-22-9-13-25-52(48)60(54,3)4)42-32-29-39(30-33-42)40-31-36-57-50(37-40)46-21-11-15-28-56(46)62(57)41-17-6-5-7-18-41/h5-38H,1-4H3. The van der Waals surface area contributed by atoms with E-state index in [0.717, 1.165) is 17.1 Å². The summed E-state index contributed by atoms with van der Waals surface area (Å²) in [6, 6.07) is 76.5. The second-order valence-electron chi connectivity index (χ2n) is 18.1. The number of aromatic nitrogens is 1. The van der Waals surface area contributed by atoms with Gasteiger partial charge in [0.05, 0.1) is 16.7 Å². The summed E-state index contributed by atoms with van der Waals surface area (Å²) >= 11 is 0. The van der Waals surface area contributed by atoms with Crippen molar-refractivity contribution in [1.29, 1.82) is 0 Å². The zero-order valence-corrected chi connectivity index (χ0v) is 35.5. The van der Waals surface area contributed by atoms with Crippen LogP contribution >= 0.6 is 0 Å². The molecule has 0 bridgehead atoms. The van der Waals surface area contributed by atoms with E-state index in [1.165, 1.54) is 94.3 Å². The van der Waals surface area contributed by atoms with Gasteiger partial charge in [-0.25, -0.2) is 0 Å². The topological polar surface area (TPSA) is 8.17 Å². The zero-order chi connectivity index (χ0) is 41.7. The van der Waals surface area contributed by atoms with Crippen molar-refractivity contribution in [3.8, 4) is 50.2 Å². The summed E-state index contributed by atoms with van der Waals surface area (Å²) in [5, 5.41) is 2.51. The molecule has 0 amide bonds. The minimum atomic E-state index is -0.0912. The van der Waals surface area contributed by atoms with Gasteiger partial charge in [-0.3, -0.25) is 0 Å². The Kier molecular flexibility index (Phi) is 7.96. The Bertz CT molecular complexity index is 3400. The highest BCUT2D eigenvalue weighted by Gasteiger charge is 2.38. The summed E-state index contributed by atoms with van der Waals surface area (Å²) in [4.78, 5) is 2.48. The van der Waals surface area contributed by atoms with Gasteiger partial charge >= 0.3 is 0 Å². The summed E-state index contributed by atoms with van der Waals surface area (Å²) in [5.74, 6) is 0. The molecule has 0 atom stereocenters. The molecule has 0 radical (unpaired) electrons. The molecule has 9 aromatic carbocycles. The van der Waals surface area contributed by atoms with E-state index in [2.05, 4.69) is 243 Å². The van der Waals surface area contributed by atoms with E-state index in [1.54, 1.807) is 0 Å². The van der Waals surface area contributed by atoms with Gasteiger partial charge in [-0.1, -0.05) is 173 Å². The largest absolute Gasteiger partial charge is 0.310 e. The van der Waals surface area contributed by atoms with Gasteiger partial charge in [0.15, 0.2) is 0 Å². The molecule has 0 unspecified atom stereocenters. The van der Waals surface area contributed by atoms with Crippen LogP contribution in [0.2, 0.25) is 0 Å². The maximum absolute atomic E-state index is 2.48. The summed E-state index contributed by atoms with van der Waals surface area (Å²) in [6.07, 6.45) is 0. The van der Waals surface area contributed by atoms with Crippen molar-refractivity contribution >= 4 is 38.9 Å². The summed E-state index contributed by atoms with van der Waals surface area (Å²) < 4.78 is 2.38. The molecule has 1 aromatic heterocycles. The smallest absolute Gasteiger partial charge is 0.0541 e. The van der Waals surface area contributed by atoms with E-state index >= 15 is 0 Å². The third-order valence-electron chi connectivity index (χ3n) is 14.0. The second kappa shape index (κ2) is 13.5. The van der Waals surface area contributed by atoms with Crippen LogP contribution in [0, 0.1) is 0 Å². The van der Waals surface area contributed by atoms with Gasteiger partial charge in [0.25, 0.3) is 0 Å². The van der Waals surface area contributed by atoms with E-state index in [0.29, 0.717) is 0 Å². The number of rotatable bonds is 6. The van der Waals surface area contributed by atoms with Gasteiger partial charge in [0.1, 0.15) is 0 Å². The summed E-state index contributed by atoms with van der Waals surface area (Å²) in [7, 11) is 0. The molecule has 1 heterocycles. The number of benzene rings is 9. The number of hydrogen-bond donors (Lipinski definition) is 0. The minimum absolute atomic E-state index is 0.0753. The molecule has 0 aliphatic heterocycles. The third kappa shape index (κ3) is 5.29. The fourth-order valence-corrected chi connectivity index (χ4v) is 11.0. The lowest BCUT2D eigenvalue weighted by atomic mass is 9.82. The van der Waals surface area contributed by atoms with Crippen LogP contribution in [-0.4, -0.2) is 4.57 Å². The van der Waals surface area contributed by atoms with Crippen molar-refractivity contribution in [2.45, 2.75) is 38.5 Å². The van der Waals surface area contributed by atoms with Gasteiger partial charge in [0, 0.05) is 44.2 Å². The van der Waals surface area contributed by atoms with E-state index in [4.69, 9.17) is 0 Å². The van der Waals surface area contributed by atoms with E-state index in [9.17, 15) is 0 Å². The first-order chi connectivity index (χ1) is 30.3. The molecule has 2 heteroatoms. The van der Waals surface area contributed by atoms with Gasteiger partial charge in [0.2, 0.25) is 0 Å². The van der Waals surface area contributed by atoms with Crippen molar-refractivity contribution in [1.82, 2.24) is 4.57 Å². The van der Waals surface area contributed by atoms with Crippen LogP contribution in [0.3, 0.4) is 0 Å². The van der Waals surface area contributed by atoms with E-state index < -0.39 is 0 Å². The van der Waals surface area contributed by atoms with Crippen LogP contribution in [0.4, 0.5) is 17.1 Å². The molecule has 10 aromatic rings. The molecule has 0 fully saturated rings. The third-order valence-corrected chi connectivity index (χ3v) is 14.0. The Morgan fingerprint density at radius 2 is 0.919 bits per heavy atom. The number of para-hydroxylation sites is 3. The highest BCUT2D eigenvalue weighted by molar-refractivity contribution is 6.10. The molecular formula is C60H46N2. The van der Waals surface area contributed by atoms with Crippen molar-refractivity contribution in [3.63, 3.8) is 0 Å². The number of nitrogens with zero attached hydrogens (tertiary/aromatic N) is 2. The maximum atomic E-state index is 2.48. The quantitative estimate of drug-likeness (QED) is 0.163. The number of hydrogen-bond acceptors (Lipinski definition) is 1. The first-order valence-electron chi connectivity index (χ1n) is 21.9. The van der Waals surface area contributed by atoms with Gasteiger partial charge in [-0.05, 0) is 122 Å². The van der Waals surface area contributed by atoms with Crippen LogP contribution in [0.25, 0.3) is 72.0 Å². The minimum Gasteiger partial charge on any atom is -0.310 e. The van der Waals surface area contributed by atoms with Crippen LogP contribution < -0.4 is 4.90 Å². The van der Waals surface area contributed by atoms with Gasteiger partial charge in [-0.15, -0.1) is 0 Å². The molecule has 2 aliphatic carbocycles. The fraction of sp³-hybridized carbons (Fsp3) is 0.100. The molecular weight excluding hydrogens is 749 g/mol. The Hall–Kier alpha value is -7.42. The molecule has 0 spiro atoms. The Labute approximate surface area is 364 Å². The van der Waals surface area contributed by atoms with Crippen LogP contribution in [0.15, 0.2) is 206 Å². The molecule has 62 heavy (non-hydrogen) atoms. The van der Waals surface area contributed by atoms with Crippen molar-refractivity contribution < 1.29 is 0 Å². The van der Waals surface area contributed by atoms with Crippen molar-refractivity contribution in [3.05, 3.63) is 229 Å².